The largest absolute Gasteiger partial charge is 0.391 e. The molecule has 0 radical (unpaired) electrons. The summed E-state index contributed by atoms with van der Waals surface area (Å²) in [5.74, 6) is -1.40. The predicted octanol–water partition coefficient (Wildman–Crippen LogP) is 1.99. The van der Waals surface area contributed by atoms with Crippen LogP contribution in [0.25, 0.3) is 0 Å². The zero-order valence-electron chi connectivity index (χ0n) is 12.3. The summed E-state index contributed by atoms with van der Waals surface area (Å²) >= 11 is 0. The molecule has 2 aliphatic rings. The number of hydrogen-bond acceptors (Lipinski definition) is 3. The van der Waals surface area contributed by atoms with Gasteiger partial charge in [-0.1, -0.05) is 0 Å². The molecule has 0 aromatic rings. The van der Waals surface area contributed by atoms with Crippen molar-refractivity contribution in [2.45, 2.75) is 56.3 Å². The van der Waals surface area contributed by atoms with Crippen LogP contribution >= 0.6 is 0 Å². The maximum Gasteiger partial charge on any atom is 0.391 e. The van der Waals surface area contributed by atoms with E-state index >= 15 is 0 Å². The minimum absolute atomic E-state index is 0.0932. The SMILES string of the molecule is COC1(C(=O)NC2CCC(C(F)(F)F)CC2)CCNCC1. The Labute approximate surface area is 122 Å². The van der Waals surface area contributed by atoms with E-state index in [1.54, 1.807) is 0 Å². The molecule has 2 rings (SSSR count). The van der Waals surface area contributed by atoms with Crippen LogP contribution in [0.15, 0.2) is 0 Å². The van der Waals surface area contributed by atoms with Crippen molar-refractivity contribution >= 4 is 5.91 Å². The lowest BCUT2D eigenvalue weighted by molar-refractivity contribution is -0.183. The number of carbonyl (C=O) groups excluding carboxylic acids is 1. The van der Waals surface area contributed by atoms with Crippen LogP contribution in [0.4, 0.5) is 13.2 Å². The van der Waals surface area contributed by atoms with E-state index in [0.717, 1.165) is 0 Å². The van der Waals surface area contributed by atoms with E-state index in [-0.39, 0.29) is 24.8 Å². The zero-order valence-corrected chi connectivity index (χ0v) is 12.3. The highest BCUT2D eigenvalue weighted by atomic mass is 19.4. The van der Waals surface area contributed by atoms with Gasteiger partial charge in [-0.05, 0) is 51.6 Å². The number of nitrogens with one attached hydrogen (secondary N) is 2. The number of ether oxygens (including phenoxy) is 1. The average Bonchev–Trinajstić information content (AvgIpc) is 2.47. The van der Waals surface area contributed by atoms with Crippen molar-refractivity contribution in [3.8, 4) is 0 Å². The maximum absolute atomic E-state index is 12.6. The van der Waals surface area contributed by atoms with Crippen molar-refractivity contribution in [2.75, 3.05) is 20.2 Å². The molecule has 7 heteroatoms. The molecule has 0 atom stereocenters. The van der Waals surface area contributed by atoms with Crippen LogP contribution in [-0.2, 0) is 9.53 Å². The van der Waals surface area contributed by atoms with Crippen molar-refractivity contribution in [3.05, 3.63) is 0 Å². The monoisotopic (exact) mass is 308 g/mol. The number of amides is 1. The van der Waals surface area contributed by atoms with Crippen LogP contribution in [0.1, 0.15) is 38.5 Å². The smallest absolute Gasteiger partial charge is 0.368 e. The number of piperidine rings is 1. The van der Waals surface area contributed by atoms with Gasteiger partial charge in [-0.25, -0.2) is 0 Å². The summed E-state index contributed by atoms with van der Waals surface area (Å²) in [6.07, 6.45) is -1.98. The fourth-order valence-electron chi connectivity index (χ4n) is 3.24. The van der Waals surface area contributed by atoms with Crippen LogP contribution in [0.3, 0.4) is 0 Å². The normalized spacial score (nSPS) is 29.9. The van der Waals surface area contributed by atoms with Gasteiger partial charge in [0.2, 0.25) is 0 Å². The van der Waals surface area contributed by atoms with Crippen LogP contribution in [-0.4, -0.2) is 43.9 Å². The van der Waals surface area contributed by atoms with Crippen molar-refractivity contribution in [3.63, 3.8) is 0 Å². The summed E-state index contributed by atoms with van der Waals surface area (Å²) in [6.45, 7) is 1.42. The number of rotatable bonds is 3. The molecule has 0 aromatic carbocycles. The van der Waals surface area contributed by atoms with Gasteiger partial charge in [0, 0.05) is 13.2 Å². The topological polar surface area (TPSA) is 50.4 Å². The molecule has 1 saturated heterocycles. The molecule has 0 unspecified atom stereocenters. The molecule has 2 fully saturated rings. The van der Waals surface area contributed by atoms with Gasteiger partial charge in [0.05, 0.1) is 5.92 Å². The molecule has 1 heterocycles. The van der Waals surface area contributed by atoms with Gasteiger partial charge in [0.15, 0.2) is 0 Å². The highest BCUT2D eigenvalue weighted by molar-refractivity contribution is 5.85. The first kappa shape index (κ1) is 16.5. The van der Waals surface area contributed by atoms with E-state index < -0.39 is 17.7 Å². The average molecular weight is 308 g/mol. The minimum atomic E-state index is -4.11. The summed E-state index contributed by atoms with van der Waals surface area (Å²) in [7, 11) is 1.52. The van der Waals surface area contributed by atoms with E-state index in [0.29, 0.717) is 38.8 Å². The summed E-state index contributed by atoms with van der Waals surface area (Å²) in [6, 6.07) is -0.169. The highest BCUT2D eigenvalue weighted by Crippen LogP contribution is 2.37. The molecule has 0 aromatic heterocycles. The summed E-state index contributed by atoms with van der Waals surface area (Å²) in [5.41, 5.74) is -0.827. The Kier molecular flexibility index (Phi) is 5.14. The van der Waals surface area contributed by atoms with E-state index in [2.05, 4.69) is 10.6 Å². The van der Waals surface area contributed by atoms with Crippen molar-refractivity contribution < 1.29 is 22.7 Å². The molecule has 0 bridgehead atoms. The van der Waals surface area contributed by atoms with Gasteiger partial charge in [-0.2, -0.15) is 13.2 Å². The molecule has 21 heavy (non-hydrogen) atoms. The van der Waals surface area contributed by atoms with E-state index in [1.807, 2.05) is 0 Å². The molecule has 2 N–H and O–H groups in total. The molecule has 122 valence electrons. The van der Waals surface area contributed by atoms with Crippen LogP contribution in [0, 0.1) is 5.92 Å². The van der Waals surface area contributed by atoms with Gasteiger partial charge in [0.1, 0.15) is 5.60 Å². The molecular weight excluding hydrogens is 285 g/mol. The minimum Gasteiger partial charge on any atom is -0.368 e. The molecule has 4 nitrogen and oxygen atoms in total. The second-order valence-electron chi connectivity index (χ2n) is 6.01. The number of halogens is 3. The molecule has 1 aliphatic heterocycles. The van der Waals surface area contributed by atoms with Crippen LogP contribution in [0.2, 0.25) is 0 Å². The van der Waals surface area contributed by atoms with Gasteiger partial charge >= 0.3 is 6.18 Å². The third-order valence-corrected chi connectivity index (χ3v) is 4.74. The molecule has 1 amide bonds. The van der Waals surface area contributed by atoms with Crippen LogP contribution < -0.4 is 10.6 Å². The third kappa shape index (κ3) is 3.88. The summed E-state index contributed by atoms with van der Waals surface area (Å²) in [4.78, 5) is 12.4. The second kappa shape index (κ2) is 6.52. The number of carbonyl (C=O) groups is 1. The third-order valence-electron chi connectivity index (χ3n) is 4.74. The van der Waals surface area contributed by atoms with E-state index in [4.69, 9.17) is 4.74 Å². The Morgan fingerprint density at radius 2 is 1.76 bits per heavy atom. The maximum atomic E-state index is 12.6. The van der Waals surface area contributed by atoms with E-state index in [9.17, 15) is 18.0 Å². The summed E-state index contributed by atoms with van der Waals surface area (Å²) in [5, 5.41) is 6.06. The number of methoxy groups -OCH3 is 1. The molecule has 1 aliphatic carbocycles. The number of alkyl halides is 3. The first-order valence-electron chi connectivity index (χ1n) is 7.51. The Morgan fingerprint density at radius 3 is 2.24 bits per heavy atom. The standard InChI is InChI=1S/C14H23F3N2O2/c1-21-13(6-8-18-9-7-13)12(20)19-11-4-2-10(3-5-11)14(15,16)17/h10-11,18H,2-9H2,1H3,(H,19,20). The van der Waals surface area contributed by atoms with Crippen molar-refractivity contribution in [1.82, 2.24) is 10.6 Å². The number of hydrogen-bond donors (Lipinski definition) is 2. The summed E-state index contributed by atoms with van der Waals surface area (Å²) < 4.78 is 43.3. The quantitative estimate of drug-likeness (QED) is 0.838. The Hall–Kier alpha value is -0.820. The first-order chi connectivity index (χ1) is 9.87. The van der Waals surface area contributed by atoms with Gasteiger partial charge in [-0.3, -0.25) is 4.79 Å². The Bertz CT molecular complexity index is 360. The fraction of sp³-hybridized carbons (Fsp3) is 0.929. The van der Waals surface area contributed by atoms with Crippen LogP contribution in [0.5, 0.6) is 0 Å². The lowest BCUT2D eigenvalue weighted by atomic mass is 9.84. The van der Waals surface area contributed by atoms with Gasteiger partial charge < -0.3 is 15.4 Å². The predicted molar refractivity (Wildman–Crippen MR) is 71.8 cm³/mol. The zero-order chi connectivity index (χ0) is 15.5. The van der Waals surface area contributed by atoms with Crippen molar-refractivity contribution in [2.24, 2.45) is 5.92 Å². The van der Waals surface area contributed by atoms with Gasteiger partial charge in [0.25, 0.3) is 5.91 Å². The Balaban J connectivity index is 1.86. The molecule has 0 spiro atoms. The van der Waals surface area contributed by atoms with Gasteiger partial charge in [-0.15, -0.1) is 0 Å². The second-order valence-corrected chi connectivity index (χ2v) is 6.01. The first-order valence-corrected chi connectivity index (χ1v) is 7.51. The molecular formula is C14H23F3N2O2. The van der Waals surface area contributed by atoms with E-state index in [1.165, 1.54) is 7.11 Å². The lowest BCUT2D eigenvalue weighted by Crippen LogP contribution is -2.56. The lowest BCUT2D eigenvalue weighted by Gasteiger charge is -2.37. The fourth-order valence-corrected chi connectivity index (χ4v) is 3.24. The van der Waals surface area contributed by atoms with Crippen molar-refractivity contribution in [1.29, 1.82) is 0 Å². The Morgan fingerprint density at radius 1 is 1.19 bits per heavy atom. The highest BCUT2D eigenvalue weighted by Gasteiger charge is 2.44. The molecule has 1 saturated carbocycles.